The minimum atomic E-state index is -0.672. The topological polar surface area (TPSA) is 93.1 Å². The van der Waals surface area contributed by atoms with Crippen molar-refractivity contribution < 1.29 is 29.0 Å². The molecule has 1 saturated heterocycles. The zero-order valence-electron chi connectivity index (χ0n) is 12.2. The molecule has 1 aliphatic rings. The van der Waals surface area contributed by atoms with Crippen LogP contribution in [0.5, 0.6) is 11.5 Å². The number of thioether (sulfide) groups is 1. The lowest BCUT2D eigenvalue weighted by molar-refractivity contribution is -0.143. The Morgan fingerprint density at radius 3 is 2.70 bits per heavy atom. The summed E-state index contributed by atoms with van der Waals surface area (Å²) in [7, 11) is 2.60. The molecular formula is C14H12INO6S. The summed E-state index contributed by atoms with van der Waals surface area (Å²) in [6.07, 6.45) is 1.51. The van der Waals surface area contributed by atoms with E-state index in [4.69, 9.17) is 4.74 Å². The maximum atomic E-state index is 12.2. The van der Waals surface area contributed by atoms with Crippen molar-refractivity contribution in [2.24, 2.45) is 0 Å². The molecule has 2 amide bonds. The Hall–Kier alpha value is -1.75. The fraction of sp³-hybridized carbons (Fsp3) is 0.214. The van der Waals surface area contributed by atoms with Gasteiger partial charge in [0, 0.05) is 0 Å². The van der Waals surface area contributed by atoms with Gasteiger partial charge < -0.3 is 14.6 Å². The van der Waals surface area contributed by atoms with Crippen LogP contribution in [0.15, 0.2) is 17.0 Å². The highest BCUT2D eigenvalue weighted by atomic mass is 127. The molecule has 1 heterocycles. The van der Waals surface area contributed by atoms with Crippen molar-refractivity contribution in [3.63, 3.8) is 0 Å². The Morgan fingerprint density at radius 1 is 1.39 bits per heavy atom. The van der Waals surface area contributed by atoms with E-state index in [-0.39, 0.29) is 16.4 Å². The lowest BCUT2D eigenvalue weighted by atomic mass is 10.2. The first kappa shape index (κ1) is 17.6. The Balaban J connectivity index is 2.31. The first-order valence-corrected chi connectivity index (χ1v) is 8.15. The van der Waals surface area contributed by atoms with Crippen molar-refractivity contribution in [3.8, 4) is 11.5 Å². The van der Waals surface area contributed by atoms with E-state index < -0.39 is 23.7 Å². The normalized spacial score (nSPS) is 16.1. The SMILES string of the molecule is COC(=O)CN1C(=O)S/C(=C/c2cc(I)c(O)c(OC)c2)C1=O. The van der Waals surface area contributed by atoms with Crippen molar-refractivity contribution in [2.45, 2.75) is 0 Å². The third-order valence-corrected chi connectivity index (χ3v) is 4.69. The number of benzene rings is 1. The van der Waals surface area contributed by atoms with Crippen LogP contribution in [0.3, 0.4) is 0 Å². The van der Waals surface area contributed by atoms with Crippen LogP contribution in [0, 0.1) is 3.57 Å². The number of nitrogens with zero attached hydrogens (tertiary/aromatic N) is 1. The molecule has 1 aromatic carbocycles. The molecule has 0 aromatic heterocycles. The van der Waals surface area contributed by atoms with Crippen LogP contribution in [-0.4, -0.2) is 47.9 Å². The van der Waals surface area contributed by atoms with Gasteiger partial charge in [0.05, 0.1) is 22.7 Å². The predicted octanol–water partition coefficient (Wildman–Crippen LogP) is 2.21. The largest absolute Gasteiger partial charge is 0.504 e. The van der Waals surface area contributed by atoms with Gasteiger partial charge in [0.25, 0.3) is 11.1 Å². The summed E-state index contributed by atoms with van der Waals surface area (Å²) in [5, 5.41) is 9.27. The molecule has 0 spiro atoms. The van der Waals surface area contributed by atoms with Gasteiger partial charge in [-0.2, -0.15) is 0 Å². The van der Waals surface area contributed by atoms with Crippen molar-refractivity contribution >= 4 is 57.5 Å². The zero-order valence-corrected chi connectivity index (χ0v) is 15.1. The van der Waals surface area contributed by atoms with E-state index in [0.29, 0.717) is 9.13 Å². The summed E-state index contributed by atoms with van der Waals surface area (Å²) >= 11 is 2.67. The number of amides is 2. The van der Waals surface area contributed by atoms with Gasteiger partial charge in [-0.25, -0.2) is 0 Å². The number of hydrogen-bond donors (Lipinski definition) is 1. The number of phenols is 1. The van der Waals surface area contributed by atoms with E-state index >= 15 is 0 Å². The van der Waals surface area contributed by atoms with Crippen LogP contribution in [0.25, 0.3) is 6.08 Å². The monoisotopic (exact) mass is 449 g/mol. The number of carbonyl (C=O) groups excluding carboxylic acids is 3. The lowest BCUT2D eigenvalue weighted by Crippen LogP contribution is -2.34. The standard InChI is InChI=1S/C14H12INO6S/c1-21-9-4-7(3-8(15)12(9)18)5-10-13(19)16(14(20)23-10)6-11(17)22-2/h3-5,18H,6H2,1-2H3/b10-5+. The van der Waals surface area contributed by atoms with Crippen LogP contribution in [-0.2, 0) is 14.3 Å². The number of imide groups is 1. The van der Waals surface area contributed by atoms with Gasteiger partial charge in [0.1, 0.15) is 6.54 Å². The number of aromatic hydroxyl groups is 1. The number of methoxy groups -OCH3 is 2. The summed E-state index contributed by atoms with van der Waals surface area (Å²) in [4.78, 5) is 36.3. The molecule has 2 rings (SSSR count). The number of carbonyl (C=O) groups is 3. The minimum absolute atomic E-state index is 0.00375. The fourth-order valence-corrected chi connectivity index (χ4v) is 3.28. The van der Waals surface area contributed by atoms with Gasteiger partial charge in [-0.1, -0.05) is 0 Å². The predicted molar refractivity (Wildman–Crippen MR) is 92.1 cm³/mol. The van der Waals surface area contributed by atoms with Gasteiger partial charge in [-0.05, 0) is 58.1 Å². The van der Waals surface area contributed by atoms with Gasteiger partial charge in [0.2, 0.25) is 0 Å². The minimum Gasteiger partial charge on any atom is -0.504 e. The molecule has 1 fully saturated rings. The molecule has 0 atom stereocenters. The Labute approximate surface area is 149 Å². The van der Waals surface area contributed by atoms with E-state index in [2.05, 4.69) is 4.74 Å². The molecule has 1 aliphatic heterocycles. The number of ether oxygens (including phenoxy) is 2. The molecule has 1 N–H and O–H groups in total. The maximum Gasteiger partial charge on any atom is 0.325 e. The van der Waals surface area contributed by atoms with Crippen molar-refractivity contribution in [3.05, 3.63) is 26.2 Å². The van der Waals surface area contributed by atoms with Crippen molar-refractivity contribution in [1.29, 1.82) is 0 Å². The van der Waals surface area contributed by atoms with E-state index in [1.54, 1.807) is 12.1 Å². The molecule has 0 aliphatic carbocycles. The van der Waals surface area contributed by atoms with Crippen LogP contribution >= 0.6 is 34.4 Å². The molecule has 23 heavy (non-hydrogen) atoms. The van der Waals surface area contributed by atoms with E-state index in [0.717, 1.165) is 16.7 Å². The van der Waals surface area contributed by atoms with Gasteiger partial charge in [-0.15, -0.1) is 0 Å². The first-order valence-electron chi connectivity index (χ1n) is 6.26. The smallest absolute Gasteiger partial charge is 0.325 e. The highest BCUT2D eigenvalue weighted by Crippen LogP contribution is 2.36. The third kappa shape index (κ3) is 3.78. The van der Waals surface area contributed by atoms with Crippen LogP contribution in [0.1, 0.15) is 5.56 Å². The quantitative estimate of drug-likeness (QED) is 0.428. The summed E-state index contributed by atoms with van der Waals surface area (Å²) in [6.45, 7) is -0.422. The van der Waals surface area contributed by atoms with E-state index in [1.165, 1.54) is 20.3 Å². The summed E-state index contributed by atoms with van der Waals surface area (Å²) in [6, 6.07) is 3.19. The lowest BCUT2D eigenvalue weighted by Gasteiger charge is -2.10. The molecule has 122 valence electrons. The van der Waals surface area contributed by atoms with Crippen molar-refractivity contribution in [1.82, 2.24) is 4.90 Å². The number of phenolic OH excluding ortho intramolecular Hbond substituents is 1. The van der Waals surface area contributed by atoms with Gasteiger partial charge >= 0.3 is 5.97 Å². The molecule has 0 unspecified atom stereocenters. The summed E-state index contributed by atoms with van der Waals surface area (Å²) < 4.78 is 10.1. The highest BCUT2D eigenvalue weighted by Gasteiger charge is 2.36. The van der Waals surface area contributed by atoms with E-state index in [9.17, 15) is 19.5 Å². The fourth-order valence-electron chi connectivity index (χ4n) is 1.81. The number of halogens is 1. The summed E-state index contributed by atoms with van der Waals surface area (Å²) in [5.41, 5.74) is 0.590. The second-order valence-electron chi connectivity index (χ2n) is 4.40. The van der Waals surface area contributed by atoms with Gasteiger partial charge in [0.15, 0.2) is 11.5 Å². The molecule has 7 nitrogen and oxygen atoms in total. The van der Waals surface area contributed by atoms with Crippen LogP contribution in [0.4, 0.5) is 4.79 Å². The Morgan fingerprint density at radius 2 is 2.09 bits per heavy atom. The maximum absolute atomic E-state index is 12.2. The Kier molecular flexibility index (Phi) is 5.52. The highest BCUT2D eigenvalue weighted by molar-refractivity contribution is 14.1. The molecule has 0 bridgehead atoms. The van der Waals surface area contributed by atoms with E-state index in [1.807, 2.05) is 22.6 Å². The van der Waals surface area contributed by atoms with Crippen LogP contribution in [0.2, 0.25) is 0 Å². The Bertz CT molecular complexity index is 717. The molecule has 0 saturated carbocycles. The second kappa shape index (κ2) is 7.21. The number of hydrogen-bond acceptors (Lipinski definition) is 7. The molecule has 0 radical (unpaired) electrons. The average molecular weight is 449 g/mol. The first-order chi connectivity index (χ1) is 10.9. The molecule has 9 heteroatoms. The van der Waals surface area contributed by atoms with Crippen molar-refractivity contribution in [2.75, 3.05) is 20.8 Å². The average Bonchev–Trinajstić information content (AvgIpc) is 2.78. The number of rotatable bonds is 4. The molecular weight excluding hydrogens is 437 g/mol. The number of esters is 1. The third-order valence-electron chi connectivity index (χ3n) is 2.96. The second-order valence-corrected chi connectivity index (χ2v) is 6.55. The summed E-state index contributed by atoms with van der Waals surface area (Å²) in [5.74, 6) is -0.970. The zero-order chi connectivity index (χ0) is 17.1. The van der Waals surface area contributed by atoms with Gasteiger partial charge in [-0.3, -0.25) is 19.3 Å². The van der Waals surface area contributed by atoms with Crippen LogP contribution < -0.4 is 4.74 Å². The molecule has 1 aromatic rings.